The van der Waals surface area contributed by atoms with Gasteiger partial charge in [0.1, 0.15) is 5.69 Å². The van der Waals surface area contributed by atoms with E-state index in [4.69, 9.17) is 0 Å². The molecule has 1 fully saturated rings. The highest BCUT2D eigenvalue weighted by atomic mass is 16.2. The Kier molecular flexibility index (Phi) is 5.43. The van der Waals surface area contributed by atoms with Crippen molar-refractivity contribution in [2.24, 2.45) is 5.92 Å². The number of rotatable bonds is 3. The fraction of sp³-hybridized carbons (Fsp3) is 0.522. The fourth-order valence-corrected chi connectivity index (χ4v) is 4.65. The highest BCUT2D eigenvalue weighted by Gasteiger charge is 2.31. The number of likely N-dealkylation sites (tertiary alicyclic amines) is 1. The van der Waals surface area contributed by atoms with Gasteiger partial charge in [0.2, 0.25) is 0 Å². The third-order valence-electron chi connectivity index (χ3n) is 5.95. The molecule has 0 spiro atoms. The third-order valence-corrected chi connectivity index (χ3v) is 5.95. The Bertz CT molecular complexity index is 926. The van der Waals surface area contributed by atoms with Crippen LogP contribution in [-0.2, 0) is 13.0 Å². The Hall–Kier alpha value is -2.63. The van der Waals surface area contributed by atoms with Crippen molar-refractivity contribution in [3.63, 3.8) is 0 Å². The van der Waals surface area contributed by atoms with Crippen molar-refractivity contribution < 1.29 is 9.59 Å². The summed E-state index contributed by atoms with van der Waals surface area (Å²) in [6.45, 7) is 8.49. The molecule has 2 aliphatic rings. The van der Waals surface area contributed by atoms with Crippen LogP contribution in [-0.4, -0.2) is 39.4 Å². The molecule has 1 aromatic carbocycles. The number of hydrogen-bond acceptors (Lipinski definition) is 3. The zero-order valence-corrected chi connectivity index (χ0v) is 17.6. The standard InChI is InChI=1S/C23H30N4O2/c1-15-7-6-9-26(14-15)23(29)20-19-8-4-5-10-27(19)21(25-20)22(28)24-18-12-16(2)11-17(3)13-18/h11-13,15H,4-10,14H2,1-3H3,(H,24,28). The monoisotopic (exact) mass is 394 g/mol. The Morgan fingerprint density at radius 3 is 2.55 bits per heavy atom. The molecule has 6 heteroatoms. The normalized spacial score (nSPS) is 19.0. The van der Waals surface area contributed by atoms with Crippen molar-refractivity contribution in [3.05, 3.63) is 46.5 Å². The number of carbonyl (C=O) groups is 2. The van der Waals surface area contributed by atoms with Crippen LogP contribution < -0.4 is 5.32 Å². The van der Waals surface area contributed by atoms with Crippen LogP contribution in [0.2, 0.25) is 0 Å². The summed E-state index contributed by atoms with van der Waals surface area (Å²) in [5, 5.41) is 2.98. The lowest BCUT2D eigenvalue weighted by Gasteiger charge is -2.30. The van der Waals surface area contributed by atoms with Crippen LogP contribution >= 0.6 is 0 Å². The van der Waals surface area contributed by atoms with Gasteiger partial charge < -0.3 is 14.8 Å². The first kappa shape index (κ1) is 19.7. The van der Waals surface area contributed by atoms with E-state index >= 15 is 0 Å². The Balaban J connectivity index is 1.63. The van der Waals surface area contributed by atoms with Gasteiger partial charge in [-0.3, -0.25) is 9.59 Å². The molecule has 0 radical (unpaired) electrons. The first-order valence-corrected chi connectivity index (χ1v) is 10.7. The summed E-state index contributed by atoms with van der Waals surface area (Å²) in [4.78, 5) is 32.8. The Morgan fingerprint density at radius 1 is 1.07 bits per heavy atom. The van der Waals surface area contributed by atoms with E-state index in [-0.39, 0.29) is 11.8 Å². The highest BCUT2D eigenvalue weighted by molar-refractivity contribution is 6.03. The maximum absolute atomic E-state index is 13.2. The molecule has 2 amide bonds. The van der Waals surface area contributed by atoms with Crippen LogP contribution in [0.5, 0.6) is 0 Å². The minimum atomic E-state index is -0.246. The van der Waals surface area contributed by atoms with Gasteiger partial charge in [0.25, 0.3) is 11.8 Å². The number of aromatic nitrogens is 2. The van der Waals surface area contributed by atoms with Gasteiger partial charge in [-0.15, -0.1) is 0 Å². The molecule has 3 heterocycles. The minimum Gasteiger partial charge on any atom is -0.337 e. The van der Waals surface area contributed by atoms with E-state index in [0.29, 0.717) is 17.4 Å². The smallest absolute Gasteiger partial charge is 0.291 e. The predicted molar refractivity (Wildman–Crippen MR) is 113 cm³/mol. The van der Waals surface area contributed by atoms with E-state index in [1.807, 2.05) is 35.4 Å². The molecule has 2 aromatic rings. The number of amides is 2. The number of nitrogens with zero attached hydrogens (tertiary/aromatic N) is 3. The fourth-order valence-electron chi connectivity index (χ4n) is 4.65. The molecule has 1 atom stereocenters. The average Bonchev–Trinajstić information content (AvgIpc) is 3.06. The maximum Gasteiger partial charge on any atom is 0.291 e. The number of aryl methyl sites for hydroxylation is 2. The summed E-state index contributed by atoms with van der Waals surface area (Å²) in [5.41, 5.74) is 4.36. The van der Waals surface area contributed by atoms with Gasteiger partial charge in [-0.05, 0) is 75.1 Å². The summed E-state index contributed by atoms with van der Waals surface area (Å²) in [7, 11) is 0. The van der Waals surface area contributed by atoms with E-state index in [9.17, 15) is 9.59 Å². The first-order chi connectivity index (χ1) is 13.9. The van der Waals surface area contributed by atoms with Crippen molar-refractivity contribution in [3.8, 4) is 0 Å². The van der Waals surface area contributed by atoms with Gasteiger partial charge in [-0.25, -0.2) is 4.98 Å². The van der Waals surface area contributed by atoms with Crippen LogP contribution in [0.3, 0.4) is 0 Å². The molecule has 4 rings (SSSR count). The third kappa shape index (κ3) is 4.07. The molecular weight excluding hydrogens is 364 g/mol. The number of nitrogens with one attached hydrogen (secondary N) is 1. The molecule has 1 saturated heterocycles. The topological polar surface area (TPSA) is 67.2 Å². The minimum absolute atomic E-state index is 0.0207. The zero-order valence-electron chi connectivity index (χ0n) is 17.6. The molecule has 1 N–H and O–H groups in total. The molecule has 0 saturated carbocycles. The van der Waals surface area contributed by atoms with Crippen molar-refractivity contribution in [1.29, 1.82) is 0 Å². The Labute approximate surface area is 172 Å². The molecular formula is C23H30N4O2. The molecule has 154 valence electrons. The van der Waals surface area contributed by atoms with Crippen LogP contribution in [0.25, 0.3) is 0 Å². The molecule has 0 bridgehead atoms. The van der Waals surface area contributed by atoms with Crippen LogP contribution in [0.15, 0.2) is 18.2 Å². The van der Waals surface area contributed by atoms with E-state index < -0.39 is 0 Å². The van der Waals surface area contributed by atoms with E-state index in [1.54, 1.807) is 0 Å². The predicted octanol–water partition coefficient (Wildman–Crippen LogP) is 3.96. The van der Waals surface area contributed by atoms with Gasteiger partial charge in [-0.2, -0.15) is 0 Å². The highest BCUT2D eigenvalue weighted by Crippen LogP contribution is 2.25. The number of benzene rings is 1. The van der Waals surface area contributed by atoms with Gasteiger partial charge in [0.15, 0.2) is 5.82 Å². The van der Waals surface area contributed by atoms with Crippen molar-refractivity contribution in [2.75, 3.05) is 18.4 Å². The van der Waals surface area contributed by atoms with Gasteiger partial charge >= 0.3 is 0 Å². The second-order valence-electron chi connectivity index (χ2n) is 8.67. The summed E-state index contributed by atoms with van der Waals surface area (Å²) < 4.78 is 1.96. The van der Waals surface area contributed by atoms with E-state index in [0.717, 1.165) is 74.2 Å². The molecule has 1 unspecified atom stereocenters. The second-order valence-corrected chi connectivity index (χ2v) is 8.67. The lowest BCUT2D eigenvalue weighted by molar-refractivity contribution is 0.0676. The van der Waals surface area contributed by atoms with Crippen molar-refractivity contribution in [1.82, 2.24) is 14.5 Å². The van der Waals surface area contributed by atoms with E-state index in [2.05, 4.69) is 23.3 Å². The summed E-state index contributed by atoms with van der Waals surface area (Å²) >= 11 is 0. The largest absolute Gasteiger partial charge is 0.337 e. The Morgan fingerprint density at radius 2 is 1.83 bits per heavy atom. The number of piperidine rings is 1. The number of imidazole rings is 1. The number of anilines is 1. The molecule has 1 aromatic heterocycles. The van der Waals surface area contributed by atoms with Crippen LogP contribution in [0.4, 0.5) is 5.69 Å². The first-order valence-electron chi connectivity index (χ1n) is 10.7. The van der Waals surface area contributed by atoms with Crippen molar-refractivity contribution in [2.45, 2.75) is 59.4 Å². The molecule has 0 aliphatic carbocycles. The lowest BCUT2D eigenvalue weighted by atomic mass is 9.99. The summed E-state index contributed by atoms with van der Waals surface area (Å²) in [6.07, 6.45) is 5.02. The van der Waals surface area contributed by atoms with E-state index in [1.165, 1.54) is 0 Å². The molecule has 29 heavy (non-hydrogen) atoms. The van der Waals surface area contributed by atoms with Crippen LogP contribution in [0, 0.1) is 19.8 Å². The molecule has 6 nitrogen and oxygen atoms in total. The SMILES string of the molecule is Cc1cc(C)cc(NC(=O)c2nc(C(=O)N3CCCC(C)C3)c3n2CCCC3)c1. The van der Waals surface area contributed by atoms with Crippen molar-refractivity contribution >= 4 is 17.5 Å². The van der Waals surface area contributed by atoms with Gasteiger partial charge in [0.05, 0.1) is 5.69 Å². The number of hydrogen-bond donors (Lipinski definition) is 1. The van der Waals surface area contributed by atoms with Crippen LogP contribution in [0.1, 0.15) is 70.5 Å². The zero-order chi connectivity index (χ0) is 20.5. The van der Waals surface area contributed by atoms with Gasteiger partial charge in [0, 0.05) is 25.3 Å². The van der Waals surface area contributed by atoms with Gasteiger partial charge in [-0.1, -0.05) is 13.0 Å². The second kappa shape index (κ2) is 8.01. The maximum atomic E-state index is 13.2. The number of fused-ring (bicyclic) bond motifs is 1. The molecule has 2 aliphatic heterocycles. The summed E-state index contributed by atoms with van der Waals surface area (Å²) in [6, 6.07) is 5.97. The average molecular weight is 395 g/mol. The quantitative estimate of drug-likeness (QED) is 0.857. The lowest BCUT2D eigenvalue weighted by Crippen LogP contribution is -2.39. The number of carbonyl (C=O) groups excluding carboxylic acids is 2. The summed E-state index contributed by atoms with van der Waals surface area (Å²) in [5.74, 6) is 0.600.